The van der Waals surface area contributed by atoms with Crippen LogP contribution in [0.3, 0.4) is 0 Å². The normalized spacial score (nSPS) is 11.4. The van der Waals surface area contributed by atoms with Crippen LogP contribution in [0.1, 0.15) is 32.7 Å². The van der Waals surface area contributed by atoms with E-state index in [1.165, 1.54) is 6.07 Å². The highest BCUT2D eigenvalue weighted by Crippen LogP contribution is 2.30. The fourth-order valence-electron chi connectivity index (χ4n) is 3.79. The van der Waals surface area contributed by atoms with Crippen LogP contribution in [0, 0.1) is 0 Å². The fourth-order valence-corrected chi connectivity index (χ4v) is 4.01. The molecule has 34 heavy (non-hydrogen) atoms. The van der Waals surface area contributed by atoms with Crippen molar-refractivity contribution in [3.8, 4) is 0 Å². The molecule has 0 unspecified atom stereocenters. The van der Waals surface area contributed by atoms with Crippen LogP contribution in [-0.2, 0) is 25.8 Å². The summed E-state index contributed by atoms with van der Waals surface area (Å²) in [6.07, 6.45) is -2.60. The molecule has 0 N–H and O–H groups in total. The number of benzene rings is 3. The molecule has 0 bridgehead atoms. The molecule has 0 aliphatic heterocycles. The van der Waals surface area contributed by atoms with Crippen LogP contribution in [0.25, 0.3) is 0 Å². The molecule has 7 heteroatoms. The molecule has 1 heterocycles. The van der Waals surface area contributed by atoms with Gasteiger partial charge in [0, 0.05) is 25.0 Å². The summed E-state index contributed by atoms with van der Waals surface area (Å²) in [7, 11) is 0. The Morgan fingerprint density at radius 3 is 2.26 bits per heavy atom. The first kappa shape index (κ1) is 23.6. The van der Waals surface area contributed by atoms with Gasteiger partial charge in [0.1, 0.15) is 0 Å². The van der Waals surface area contributed by atoms with Gasteiger partial charge in [0.2, 0.25) is 0 Å². The van der Waals surface area contributed by atoms with Gasteiger partial charge in [-0.3, -0.25) is 4.79 Å². The second-order valence-corrected chi connectivity index (χ2v) is 8.36. The van der Waals surface area contributed by atoms with E-state index >= 15 is 0 Å². The smallest absolute Gasteiger partial charge is 0.345 e. The molecule has 0 aliphatic carbocycles. The van der Waals surface area contributed by atoms with Gasteiger partial charge in [-0.1, -0.05) is 66.2 Å². The zero-order chi connectivity index (χ0) is 24.1. The third-order valence-electron chi connectivity index (χ3n) is 5.49. The van der Waals surface area contributed by atoms with Gasteiger partial charge in [0.15, 0.2) is 0 Å². The van der Waals surface area contributed by atoms with E-state index in [0.717, 1.165) is 23.4 Å². The Hall–Kier alpha value is -3.51. The van der Waals surface area contributed by atoms with E-state index in [9.17, 15) is 18.0 Å². The van der Waals surface area contributed by atoms with E-state index in [4.69, 9.17) is 11.6 Å². The first-order chi connectivity index (χ1) is 16.3. The van der Waals surface area contributed by atoms with Gasteiger partial charge in [-0.15, -0.1) is 0 Å². The zero-order valence-corrected chi connectivity index (χ0v) is 18.9. The predicted octanol–water partition coefficient (Wildman–Crippen LogP) is 7.05. The van der Waals surface area contributed by atoms with Crippen LogP contribution >= 0.6 is 11.6 Å². The number of amides is 1. The summed E-state index contributed by atoms with van der Waals surface area (Å²) in [6.45, 7) is 0.885. The molecule has 0 radical (unpaired) electrons. The minimum absolute atomic E-state index is 0.221. The minimum Gasteiger partial charge on any atom is -0.345 e. The Balaban J connectivity index is 1.61. The highest BCUT2D eigenvalue weighted by molar-refractivity contribution is 6.33. The van der Waals surface area contributed by atoms with Gasteiger partial charge >= 0.3 is 6.18 Å². The van der Waals surface area contributed by atoms with Crippen LogP contribution in [0.5, 0.6) is 0 Å². The van der Waals surface area contributed by atoms with E-state index in [1.54, 1.807) is 41.4 Å². The van der Waals surface area contributed by atoms with Crippen molar-refractivity contribution in [2.24, 2.45) is 0 Å². The largest absolute Gasteiger partial charge is 0.416 e. The molecule has 0 saturated heterocycles. The van der Waals surface area contributed by atoms with Gasteiger partial charge in [0.05, 0.1) is 22.7 Å². The molecule has 174 valence electrons. The summed E-state index contributed by atoms with van der Waals surface area (Å²) in [6, 6.07) is 25.5. The second-order valence-electron chi connectivity index (χ2n) is 7.95. The molecule has 0 aliphatic rings. The lowest BCUT2D eigenvalue weighted by molar-refractivity contribution is -0.137. The maximum Gasteiger partial charge on any atom is 0.416 e. The quantitative estimate of drug-likeness (QED) is 0.277. The third-order valence-corrected chi connectivity index (χ3v) is 5.82. The Morgan fingerprint density at radius 1 is 0.824 bits per heavy atom. The summed E-state index contributed by atoms with van der Waals surface area (Å²) >= 11 is 6.29. The van der Waals surface area contributed by atoms with Gasteiger partial charge in [-0.25, -0.2) is 0 Å². The molecule has 3 aromatic carbocycles. The van der Waals surface area contributed by atoms with Gasteiger partial charge < -0.3 is 9.47 Å². The maximum atomic E-state index is 13.4. The van der Waals surface area contributed by atoms with Crippen LogP contribution in [0.15, 0.2) is 97.2 Å². The first-order valence-electron chi connectivity index (χ1n) is 10.7. The number of nitrogens with zero attached hydrogens (tertiary/aromatic N) is 2. The molecular formula is C27H22ClF3N2O. The zero-order valence-electron chi connectivity index (χ0n) is 18.2. The third kappa shape index (κ3) is 5.69. The number of rotatable bonds is 7. The summed E-state index contributed by atoms with van der Waals surface area (Å²) in [5, 5.41) is 0.366. The molecule has 1 amide bonds. The maximum absolute atomic E-state index is 13.4. The van der Waals surface area contributed by atoms with Crippen LogP contribution in [0.2, 0.25) is 5.02 Å². The lowest BCUT2D eigenvalue weighted by Crippen LogP contribution is -2.31. The van der Waals surface area contributed by atoms with Crippen molar-refractivity contribution in [1.82, 2.24) is 9.47 Å². The monoisotopic (exact) mass is 482 g/mol. The molecule has 0 atom stereocenters. The van der Waals surface area contributed by atoms with Crippen molar-refractivity contribution in [3.63, 3.8) is 0 Å². The number of aromatic nitrogens is 1. The molecule has 0 saturated carbocycles. The number of hydrogen-bond donors (Lipinski definition) is 0. The number of carbonyl (C=O) groups is 1. The molecule has 4 aromatic rings. The van der Waals surface area contributed by atoms with E-state index in [2.05, 4.69) is 0 Å². The molecule has 3 nitrogen and oxygen atoms in total. The van der Waals surface area contributed by atoms with Crippen LogP contribution in [-0.4, -0.2) is 15.4 Å². The average Bonchev–Trinajstić information content (AvgIpc) is 3.25. The fraction of sp³-hybridized carbons (Fsp3) is 0.148. The molecule has 0 spiro atoms. The number of carbonyl (C=O) groups excluding carboxylic acids is 1. The van der Waals surface area contributed by atoms with E-state index in [1.807, 2.05) is 47.0 Å². The topological polar surface area (TPSA) is 25.2 Å². The number of hydrogen-bond acceptors (Lipinski definition) is 1. The predicted molar refractivity (Wildman–Crippen MR) is 126 cm³/mol. The number of alkyl halides is 3. The second kappa shape index (κ2) is 10.2. The van der Waals surface area contributed by atoms with E-state index in [-0.39, 0.29) is 19.0 Å². The van der Waals surface area contributed by atoms with E-state index in [0.29, 0.717) is 22.7 Å². The molecule has 4 rings (SSSR count). The Bertz CT molecular complexity index is 1270. The summed E-state index contributed by atoms with van der Waals surface area (Å²) in [5.74, 6) is -0.221. The molecule has 1 aromatic heterocycles. The van der Waals surface area contributed by atoms with Crippen molar-refractivity contribution < 1.29 is 18.0 Å². The van der Waals surface area contributed by atoms with Gasteiger partial charge in [-0.05, 0) is 47.5 Å². The lowest BCUT2D eigenvalue weighted by atomic mass is 10.1. The Labute approximate surface area is 201 Å². The molecule has 0 fully saturated rings. The SMILES string of the molecule is O=C(c1ccccc1Cl)N(Cc1ccccc1)Cc1cccn1Cc1cccc(C(F)(F)F)c1. The van der Waals surface area contributed by atoms with Crippen molar-refractivity contribution in [2.45, 2.75) is 25.8 Å². The van der Waals surface area contributed by atoms with Gasteiger partial charge in [0.25, 0.3) is 5.91 Å². The van der Waals surface area contributed by atoms with E-state index < -0.39 is 11.7 Å². The first-order valence-corrected chi connectivity index (χ1v) is 11.1. The summed E-state index contributed by atoms with van der Waals surface area (Å²) in [5.41, 5.74) is 2.00. The highest BCUT2D eigenvalue weighted by atomic mass is 35.5. The molecular weight excluding hydrogens is 461 g/mol. The minimum atomic E-state index is -4.40. The van der Waals surface area contributed by atoms with Crippen molar-refractivity contribution in [2.75, 3.05) is 0 Å². The Kier molecular flexibility index (Phi) is 7.08. The van der Waals surface area contributed by atoms with Crippen molar-refractivity contribution in [1.29, 1.82) is 0 Å². The van der Waals surface area contributed by atoms with Crippen molar-refractivity contribution >= 4 is 17.5 Å². The number of halogens is 4. The van der Waals surface area contributed by atoms with Gasteiger partial charge in [-0.2, -0.15) is 13.2 Å². The average molecular weight is 483 g/mol. The summed E-state index contributed by atoms with van der Waals surface area (Å²) < 4.78 is 41.2. The summed E-state index contributed by atoms with van der Waals surface area (Å²) in [4.78, 5) is 15.1. The lowest BCUT2D eigenvalue weighted by Gasteiger charge is -2.24. The van der Waals surface area contributed by atoms with Crippen LogP contribution < -0.4 is 0 Å². The highest BCUT2D eigenvalue weighted by Gasteiger charge is 2.30. The standard InChI is InChI=1S/C27H22ClF3N2O/c28-25-14-5-4-13-24(25)26(34)33(17-20-8-2-1-3-9-20)19-23-12-7-15-32(23)18-21-10-6-11-22(16-21)27(29,30)31/h1-16H,17-19H2. The van der Waals surface area contributed by atoms with Crippen molar-refractivity contribution in [3.05, 3.63) is 130 Å². The van der Waals surface area contributed by atoms with Crippen LogP contribution in [0.4, 0.5) is 13.2 Å². The Morgan fingerprint density at radius 2 is 1.53 bits per heavy atom.